The zero-order chi connectivity index (χ0) is 28.2. The number of carbonyl (C=O) groups excluding carboxylic acids is 3. The Morgan fingerprint density at radius 3 is 2.39 bits per heavy atom. The largest absolute Gasteiger partial charge is 0.486 e. The van der Waals surface area contributed by atoms with Crippen LogP contribution in [0.25, 0.3) is 0 Å². The number of aromatic nitrogens is 3. The minimum atomic E-state index is -0.681. The third-order valence-corrected chi connectivity index (χ3v) is 7.76. The van der Waals surface area contributed by atoms with Crippen molar-refractivity contribution in [2.24, 2.45) is 12.8 Å². The number of esters is 1. The number of hydrogen-bond donors (Lipinski definition) is 2. The zero-order valence-corrected chi connectivity index (χ0v) is 24.2. The Morgan fingerprint density at radius 1 is 1.16 bits per heavy atom. The minimum absolute atomic E-state index is 0.00260. The molecule has 0 radical (unpaired) electrons. The van der Waals surface area contributed by atoms with Gasteiger partial charge >= 0.3 is 5.97 Å². The number of rotatable bonds is 10. The third kappa shape index (κ3) is 7.13. The van der Waals surface area contributed by atoms with Crippen LogP contribution in [0.1, 0.15) is 71.6 Å². The first kappa shape index (κ1) is 29.2. The molecule has 1 aromatic carbocycles. The minimum Gasteiger partial charge on any atom is -0.486 e. The van der Waals surface area contributed by atoms with Crippen molar-refractivity contribution in [3.8, 4) is 5.75 Å². The molecule has 0 aliphatic carbocycles. The Labute approximate surface area is 230 Å². The lowest BCUT2D eigenvalue weighted by Gasteiger charge is -2.19. The number of thioether (sulfide) groups is 1. The van der Waals surface area contributed by atoms with Crippen molar-refractivity contribution in [2.45, 2.75) is 64.8 Å². The van der Waals surface area contributed by atoms with E-state index in [0.29, 0.717) is 16.5 Å². The second-order valence-corrected chi connectivity index (χ2v) is 11.9. The Hall–Kier alpha value is -3.38. The van der Waals surface area contributed by atoms with Gasteiger partial charge in [-0.1, -0.05) is 44.7 Å². The molecule has 0 aliphatic rings. The molecule has 0 saturated heterocycles. The maximum Gasteiger partial charge on any atom is 0.341 e. The summed E-state index contributed by atoms with van der Waals surface area (Å²) in [5.41, 5.74) is 7.23. The molecule has 2 amide bonds. The van der Waals surface area contributed by atoms with E-state index < -0.39 is 11.9 Å². The molecule has 3 rings (SSSR count). The number of ether oxygens (including phenoxy) is 2. The Balaban J connectivity index is 1.62. The fraction of sp³-hybridized carbons (Fsp3) is 0.423. The normalized spacial score (nSPS) is 11.5. The van der Waals surface area contributed by atoms with Crippen molar-refractivity contribution >= 4 is 45.9 Å². The molecule has 204 valence electrons. The third-order valence-electron chi connectivity index (χ3n) is 5.52. The van der Waals surface area contributed by atoms with E-state index in [1.807, 2.05) is 24.3 Å². The molecule has 0 unspecified atom stereocenters. The molecule has 10 nitrogen and oxygen atoms in total. The summed E-state index contributed by atoms with van der Waals surface area (Å²) in [7, 11) is 1.80. The summed E-state index contributed by atoms with van der Waals surface area (Å²) < 4.78 is 12.9. The number of primary amides is 1. The number of anilines is 1. The number of nitrogens with one attached hydrogen (secondary N) is 1. The number of amides is 2. The van der Waals surface area contributed by atoms with Gasteiger partial charge in [0.05, 0.1) is 22.3 Å². The monoisotopic (exact) mass is 559 g/mol. The van der Waals surface area contributed by atoms with Crippen molar-refractivity contribution in [3.63, 3.8) is 0 Å². The Kier molecular flexibility index (Phi) is 9.21. The van der Waals surface area contributed by atoms with Gasteiger partial charge in [0.15, 0.2) is 11.0 Å². The van der Waals surface area contributed by atoms with Crippen LogP contribution in [0.15, 0.2) is 29.4 Å². The quantitative estimate of drug-likeness (QED) is 0.274. The van der Waals surface area contributed by atoms with E-state index in [2.05, 4.69) is 36.3 Å². The molecule has 12 heteroatoms. The van der Waals surface area contributed by atoms with Crippen LogP contribution in [-0.2, 0) is 28.6 Å². The average molecular weight is 560 g/mol. The Bertz CT molecular complexity index is 1320. The summed E-state index contributed by atoms with van der Waals surface area (Å²) >= 11 is 2.13. The van der Waals surface area contributed by atoms with E-state index in [4.69, 9.17) is 15.2 Å². The number of carbonyl (C=O) groups is 3. The van der Waals surface area contributed by atoms with Crippen LogP contribution in [0.2, 0.25) is 0 Å². The maximum atomic E-state index is 12.7. The first-order chi connectivity index (χ1) is 17.8. The Morgan fingerprint density at radius 2 is 1.82 bits per heavy atom. The van der Waals surface area contributed by atoms with Crippen LogP contribution >= 0.6 is 23.1 Å². The van der Waals surface area contributed by atoms with E-state index in [1.165, 1.54) is 17.3 Å². The van der Waals surface area contributed by atoms with E-state index in [0.717, 1.165) is 17.1 Å². The van der Waals surface area contributed by atoms with Crippen LogP contribution in [0.3, 0.4) is 0 Å². The molecule has 2 aromatic heterocycles. The lowest BCUT2D eigenvalue weighted by atomic mass is 9.87. The van der Waals surface area contributed by atoms with Gasteiger partial charge in [0.2, 0.25) is 5.91 Å². The second-order valence-electron chi connectivity index (χ2n) is 9.94. The number of nitrogens with zero attached hydrogens (tertiary/aromatic N) is 3. The summed E-state index contributed by atoms with van der Waals surface area (Å²) in [6.07, 6.45) is -0.366. The molecule has 3 aromatic rings. The highest BCUT2D eigenvalue weighted by molar-refractivity contribution is 7.99. The molecule has 38 heavy (non-hydrogen) atoms. The van der Waals surface area contributed by atoms with E-state index in [9.17, 15) is 14.4 Å². The molecule has 3 N–H and O–H groups in total. The number of benzene rings is 1. The summed E-state index contributed by atoms with van der Waals surface area (Å²) in [6.45, 7) is 11.7. The molecule has 0 spiro atoms. The highest BCUT2D eigenvalue weighted by atomic mass is 32.2. The van der Waals surface area contributed by atoms with Crippen molar-refractivity contribution in [3.05, 3.63) is 51.7 Å². The van der Waals surface area contributed by atoms with Gasteiger partial charge in [0, 0.05) is 7.05 Å². The van der Waals surface area contributed by atoms with E-state index in [1.54, 1.807) is 32.4 Å². The van der Waals surface area contributed by atoms with Gasteiger partial charge < -0.3 is 25.1 Å². The van der Waals surface area contributed by atoms with Crippen molar-refractivity contribution in [1.29, 1.82) is 0 Å². The first-order valence-corrected chi connectivity index (χ1v) is 13.8. The van der Waals surface area contributed by atoms with Crippen LogP contribution in [0.4, 0.5) is 5.00 Å². The number of hydrogen-bond acceptors (Lipinski definition) is 9. The van der Waals surface area contributed by atoms with Gasteiger partial charge in [-0.3, -0.25) is 9.59 Å². The average Bonchev–Trinajstić information content (AvgIpc) is 3.34. The number of nitrogens with two attached hydrogens (primary N) is 1. The van der Waals surface area contributed by atoms with Crippen molar-refractivity contribution in [1.82, 2.24) is 14.8 Å². The van der Waals surface area contributed by atoms with Crippen molar-refractivity contribution < 1.29 is 23.9 Å². The smallest absolute Gasteiger partial charge is 0.341 e. The van der Waals surface area contributed by atoms with Gasteiger partial charge in [-0.05, 0) is 49.4 Å². The predicted molar refractivity (Wildman–Crippen MR) is 148 cm³/mol. The predicted octanol–water partition coefficient (Wildman–Crippen LogP) is 4.46. The zero-order valence-electron chi connectivity index (χ0n) is 22.6. The van der Waals surface area contributed by atoms with Crippen LogP contribution in [-0.4, -0.2) is 44.4 Å². The summed E-state index contributed by atoms with van der Waals surface area (Å²) in [5.74, 6) is -0.363. The molecular weight excluding hydrogens is 526 g/mol. The molecule has 0 bridgehead atoms. The highest BCUT2D eigenvalue weighted by Gasteiger charge is 2.26. The molecule has 2 heterocycles. The maximum absolute atomic E-state index is 12.7. The molecule has 0 saturated carbocycles. The van der Waals surface area contributed by atoms with Gasteiger partial charge in [0.1, 0.15) is 17.4 Å². The summed E-state index contributed by atoms with van der Waals surface area (Å²) in [6, 6.07) is 7.94. The second kappa shape index (κ2) is 12.0. The van der Waals surface area contributed by atoms with Crippen LogP contribution < -0.4 is 15.8 Å². The molecule has 0 fully saturated rings. The number of thiophene rings is 1. The topological polar surface area (TPSA) is 138 Å². The van der Waals surface area contributed by atoms with Crippen LogP contribution in [0, 0.1) is 6.92 Å². The first-order valence-electron chi connectivity index (χ1n) is 12.0. The van der Waals surface area contributed by atoms with Gasteiger partial charge in [0.25, 0.3) is 5.91 Å². The SMILES string of the molecule is Cc1c(C(N)=O)sc(NC(=O)CSc2nnc(COc3ccc(C(C)(C)C)cc3)n2C)c1C(=O)OC(C)C. The highest BCUT2D eigenvalue weighted by Crippen LogP contribution is 2.34. The molecule has 0 aliphatic heterocycles. The van der Waals surface area contributed by atoms with E-state index >= 15 is 0 Å². The fourth-order valence-corrected chi connectivity index (χ4v) is 5.24. The van der Waals surface area contributed by atoms with Gasteiger partial charge in [-0.15, -0.1) is 21.5 Å². The standard InChI is InChI=1S/C26H33N5O5S2/c1-14(2)36-24(34)20-15(3)21(22(27)33)38-23(20)28-19(32)13-37-25-30-29-18(31(25)7)12-35-17-10-8-16(9-11-17)26(4,5)6/h8-11,14H,12-13H2,1-7H3,(H2,27,33)(H,28,32). The summed E-state index contributed by atoms with van der Waals surface area (Å²) in [5, 5.41) is 11.8. The van der Waals surface area contributed by atoms with Gasteiger partial charge in [-0.25, -0.2) is 4.79 Å². The summed E-state index contributed by atoms with van der Waals surface area (Å²) in [4.78, 5) is 37.3. The van der Waals surface area contributed by atoms with Crippen molar-refractivity contribution in [2.75, 3.05) is 11.1 Å². The van der Waals surface area contributed by atoms with E-state index in [-0.39, 0.29) is 45.2 Å². The lowest BCUT2D eigenvalue weighted by molar-refractivity contribution is -0.113. The lowest BCUT2D eigenvalue weighted by Crippen LogP contribution is -2.18. The van der Waals surface area contributed by atoms with Gasteiger partial charge in [-0.2, -0.15) is 0 Å². The molecular formula is C26H33N5O5S2. The fourth-order valence-electron chi connectivity index (χ4n) is 3.44. The van der Waals surface area contributed by atoms with Crippen LogP contribution in [0.5, 0.6) is 5.75 Å². The molecule has 0 atom stereocenters.